The van der Waals surface area contributed by atoms with Crippen LogP contribution >= 0.6 is 0 Å². The van der Waals surface area contributed by atoms with E-state index in [2.05, 4.69) is 25.9 Å². The Bertz CT molecular complexity index is 1150. The van der Waals surface area contributed by atoms with Gasteiger partial charge in [-0.05, 0) is 47.0 Å². The monoisotopic (exact) mass is 553 g/mol. The van der Waals surface area contributed by atoms with Gasteiger partial charge in [0.1, 0.15) is 6.04 Å². The van der Waals surface area contributed by atoms with Gasteiger partial charge in [0, 0.05) is 30.6 Å². The molecule has 0 aliphatic carbocycles. The van der Waals surface area contributed by atoms with E-state index in [1.807, 2.05) is 26.8 Å². The van der Waals surface area contributed by atoms with Crippen molar-refractivity contribution in [1.29, 1.82) is 10.8 Å². The van der Waals surface area contributed by atoms with E-state index in [4.69, 9.17) is 10.8 Å². The van der Waals surface area contributed by atoms with Crippen LogP contribution in [-0.2, 0) is 9.59 Å². The second-order valence-corrected chi connectivity index (χ2v) is 9.31. The molecular weight excluding hydrogens is 510 g/mol. The second-order valence-electron chi connectivity index (χ2n) is 9.31. The fourth-order valence-corrected chi connectivity index (χ4v) is 4.06. The Morgan fingerprint density at radius 1 is 1.12 bits per heavy atom. The van der Waals surface area contributed by atoms with E-state index in [9.17, 15) is 19.5 Å². The summed E-state index contributed by atoms with van der Waals surface area (Å²) in [5.74, 6) is -2.26. The highest BCUT2D eigenvalue weighted by atomic mass is 16.4. The molecule has 0 aliphatic heterocycles. The number of hydrogen-bond donors (Lipinski definition) is 6. The number of carboxylic acids is 1. The van der Waals surface area contributed by atoms with Gasteiger partial charge in [-0.1, -0.05) is 50.1 Å². The van der Waals surface area contributed by atoms with Crippen LogP contribution in [0.25, 0.3) is 0 Å². The number of hydrogen-bond acceptors (Lipinski definition) is 8. The number of carboxylic acid groups (broad SMARTS) is 1. The number of carbonyl (C=O) groups is 3. The molecule has 1 aromatic heterocycles. The second kappa shape index (κ2) is 17.4. The molecule has 0 bridgehead atoms. The van der Waals surface area contributed by atoms with E-state index >= 15 is 0 Å². The Morgan fingerprint density at radius 2 is 1.77 bits per heavy atom. The Morgan fingerprint density at radius 3 is 2.27 bits per heavy atom. The van der Waals surface area contributed by atoms with Gasteiger partial charge in [0.2, 0.25) is 11.9 Å². The molecule has 6 N–H and O–H groups in total. The summed E-state index contributed by atoms with van der Waals surface area (Å²) in [5.41, 5.74) is 2.89. The fourth-order valence-electron chi connectivity index (χ4n) is 4.06. The molecule has 0 radical (unpaired) electrons. The standard InChI is InChI=1S/C29H43N7O4/c1-7-10-13-22(12-8-2)26(37)33-17-24(28(39)40)36-27(38)25-19(5)34-29(35-20(25)6)32-15-11-14-21(9-3)23(16-30)18(4)31/h7,10,13-14,16,23-24,30-31H,8-9,11-12,15,17H2,1-6H3,(H,33,37)(H,36,38)(H,39,40)(H,32,34,35)/b10-7?,21-14+,22-13?,30-16?,31-18?. The van der Waals surface area contributed by atoms with Crippen molar-refractivity contribution in [3.63, 3.8) is 0 Å². The summed E-state index contributed by atoms with van der Waals surface area (Å²) in [6.45, 7) is 11.0. The first-order chi connectivity index (χ1) is 19.0. The van der Waals surface area contributed by atoms with Crippen LogP contribution in [0, 0.1) is 30.6 Å². The summed E-state index contributed by atoms with van der Waals surface area (Å²) in [5, 5.41) is 33.3. The highest BCUT2D eigenvalue weighted by Gasteiger charge is 2.25. The minimum atomic E-state index is -1.34. The number of allylic oxidation sites excluding steroid dienone is 4. The number of carbonyl (C=O) groups excluding carboxylic acids is 2. The molecule has 40 heavy (non-hydrogen) atoms. The van der Waals surface area contributed by atoms with Gasteiger partial charge in [-0.25, -0.2) is 14.8 Å². The minimum Gasteiger partial charge on any atom is -0.480 e. The van der Waals surface area contributed by atoms with Crippen molar-refractivity contribution in [1.82, 2.24) is 20.6 Å². The van der Waals surface area contributed by atoms with Crippen LogP contribution in [0.4, 0.5) is 5.95 Å². The predicted octanol–water partition coefficient (Wildman–Crippen LogP) is 4.14. The van der Waals surface area contributed by atoms with E-state index in [0.717, 1.165) is 18.4 Å². The van der Waals surface area contributed by atoms with E-state index in [-0.39, 0.29) is 23.9 Å². The third-order valence-electron chi connectivity index (χ3n) is 6.14. The van der Waals surface area contributed by atoms with E-state index < -0.39 is 17.9 Å². The quantitative estimate of drug-likeness (QED) is 0.0551. The van der Waals surface area contributed by atoms with Crippen molar-refractivity contribution in [3.8, 4) is 0 Å². The molecular formula is C29H43N7O4. The molecule has 2 atom stereocenters. The number of nitrogens with zero attached hydrogens (tertiary/aromatic N) is 2. The maximum atomic E-state index is 13.0. The van der Waals surface area contributed by atoms with Gasteiger partial charge >= 0.3 is 5.97 Å². The lowest BCUT2D eigenvalue weighted by Gasteiger charge is -2.18. The predicted molar refractivity (Wildman–Crippen MR) is 158 cm³/mol. The van der Waals surface area contributed by atoms with Crippen LogP contribution in [0.15, 0.2) is 35.5 Å². The zero-order valence-electron chi connectivity index (χ0n) is 24.4. The molecule has 1 rings (SSSR count). The van der Waals surface area contributed by atoms with Crippen molar-refractivity contribution < 1.29 is 19.5 Å². The van der Waals surface area contributed by atoms with Gasteiger partial charge in [-0.15, -0.1) is 0 Å². The largest absolute Gasteiger partial charge is 0.480 e. The number of amides is 2. The zero-order chi connectivity index (χ0) is 30.2. The van der Waals surface area contributed by atoms with Crippen LogP contribution in [0.1, 0.15) is 75.1 Å². The Kier molecular flexibility index (Phi) is 14.8. The van der Waals surface area contributed by atoms with E-state index in [0.29, 0.717) is 48.0 Å². The molecule has 0 spiro atoms. The number of aliphatic carboxylic acids is 1. The molecule has 11 heteroatoms. The van der Waals surface area contributed by atoms with Crippen molar-refractivity contribution in [2.24, 2.45) is 5.92 Å². The average molecular weight is 554 g/mol. The van der Waals surface area contributed by atoms with Crippen LogP contribution in [0.2, 0.25) is 0 Å². The first kappa shape index (κ1) is 33.9. The highest BCUT2D eigenvalue weighted by Crippen LogP contribution is 2.16. The number of anilines is 1. The van der Waals surface area contributed by atoms with Gasteiger partial charge in [0.25, 0.3) is 5.91 Å². The van der Waals surface area contributed by atoms with Crippen molar-refractivity contribution in [3.05, 3.63) is 52.4 Å². The maximum absolute atomic E-state index is 13.0. The van der Waals surface area contributed by atoms with Crippen molar-refractivity contribution >= 4 is 35.7 Å². The summed E-state index contributed by atoms with van der Waals surface area (Å²) in [6.07, 6.45) is 11.2. The zero-order valence-corrected chi connectivity index (χ0v) is 24.4. The van der Waals surface area contributed by atoms with Crippen molar-refractivity contribution in [2.75, 3.05) is 18.4 Å². The van der Waals surface area contributed by atoms with Crippen LogP contribution in [0.3, 0.4) is 0 Å². The summed E-state index contributed by atoms with van der Waals surface area (Å²) >= 11 is 0. The molecule has 2 amide bonds. The molecule has 11 nitrogen and oxygen atoms in total. The average Bonchev–Trinajstić information content (AvgIpc) is 2.89. The summed E-state index contributed by atoms with van der Waals surface area (Å²) in [4.78, 5) is 46.1. The Hall–Kier alpha value is -4.15. The van der Waals surface area contributed by atoms with Crippen molar-refractivity contribution in [2.45, 2.75) is 73.3 Å². The number of aromatic nitrogens is 2. The van der Waals surface area contributed by atoms with Gasteiger partial charge in [0.05, 0.1) is 22.9 Å². The van der Waals surface area contributed by atoms with Crippen LogP contribution in [-0.4, -0.2) is 63.9 Å². The van der Waals surface area contributed by atoms with Gasteiger partial charge in [0.15, 0.2) is 0 Å². The van der Waals surface area contributed by atoms with Gasteiger partial charge < -0.3 is 31.9 Å². The van der Waals surface area contributed by atoms with Gasteiger partial charge in [-0.2, -0.15) is 0 Å². The highest BCUT2D eigenvalue weighted by molar-refractivity contribution is 5.99. The molecule has 0 saturated heterocycles. The molecule has 0 saturated carbocycles. The Balaban J connectivity index is 2.90. The molecule has 1 aromatic rings. The lowest BCUT2D eigenvalue weighted by atomic mass is 9.93. The normalized spacial score (nSPS) is 13.4. The van der Waals surface area contributed by atoms with Gasteiger partial charge in [-0.3, -0.25) is 9.59 Å². The number of aryl methyl sites for hydroxylation is 2. The number of nitrogens with one attached hydrogen (secondary N) is 5. The lowest BCUT2D eigenvalue weighted by Crippen LogP contribution is -2.49. The molecule has 0 aromatic carbocycles. The first-order valence-electron chi connectivity index (χ1n) is 13.5. The molecule has 0 fully saturated rings. The summed E-state index contributed by atoms with van der Waals surface area (Å²) < 4.78 is 0. The minimum absolute atomic E-state index is 0.172. The third kappa shape index (κ3) is 10.5. The molecule has 218 valence electrons. The molecule has 0 aliphatic rings. The van der Waals surface area contributed by atoms with E-state index in [1.165, 1.54) is 6.21 Å². The summed E-state index contributed by atoms with van der Waals surface area (Å²) in [6, 6.07) is -1.34. The SMILES string of the molecule is CC=CC=C(CCC)C(=O)NCC(NC(=O)c1c(C)nc(NCC/C=C(\CC)C(C=N)C(C)=N)nc1C)C(=O)O. The molecule has 2 unspecified atom stereocenters. The number of rotatable bonds is 17. The Labute approximate surface area is 236 Å². The fraction of sp³-hybridized carbons (Fsp3) is 0.483. The topological polar surface area (TPSA) is 181 Å². The maximum Gasteiger partial charge on any atom is 0.328 e. The first-order valence-corrected chi connectivity index (χ1v) is 13.5. The van der Waals surface area contributed by atoms with Crippen LogP contribution in [0.5, 0.6) is 0 Å². The van der Waals surface area contributed by atoms with Crippen LogP contribution < -0.4 is 16.0 Å². The smallest absolute Gasteiger partial charge is 0.328 e. The van der Waals surface area contributed by atoms with E-state index in [1.54, 1.807) is 39.0 Å². The lowest BCUT2D eigenvalue weighted by molar-refractivity contribution is -0.139. The molecule has 1 heterocycles. The summed E-state index contributed by atoms with van der Waals surface area (Å²) in [7, 11) is 0. The third-order valence-corrected chi connectivity index (χ3v) is 6.14.